The van der Waals surface area contributed by atoms with Gasteiger partial charge in [0.2, 0.25) is 5.91 Å². The molecule has 4 atom stereocenters. The second-order valence-corrected chi connectivity index (χ2v) is 8.18. The van der Waals surface area contributed by atoms with Gasteiger partial charge >= 0.3 is 17.8 Å². The number of rotatable bonds is 6. The molecule has 4 unspecified atom stereocenters. The van der Waals surface area contributed by atoms with Gasteiger partial charge in [-0.2, -0.15) is 0 Å². The smallest absolute Gasteiger partial charge is 0.334 e. The van der Waals surface area contributed by atoms with E-state index >= 15 is 0 Å². The third-order valence-corrected chi connectivity index (χ3v) is 6.59. The Balaban J connectivity index is 1.44. The summed E-state index contributed by atoms with van der Waals surface area (Å²) < 4.78 is 5.18. The molecular formula is C21H25N3O5. The fraction of sp³-hybridized carbons (Fsp3) is 0.524. The number of hydrogen-bond acceptors (Lipinski definition) is 5. The van der Waals surface area contributed by atoms with Crippen LogP contribution in [0, 0.1) is 17.8 Å². The molecule has 8 heteroatoms. The van der Waals surface area contributed by atoms with Gasteiger partial charge in [-0.15, -0.1) is 0 Å². The van der Waals surface area contributed by atoms with E-state index in [9.17, 15) is 19.2 Å². The van der Waals surface area contributed by atoms with Crippen LogP contribution in [0.3, 0.4) is 0 Å². The van der Waals surface area contributed by atoms with Crippen LogP contribution in [0.5, 0.6) is 5.75 Å². The van der Waals surface area contributed by atoms with E-state index in [0.717, 1.165) is 29.1 Å². The van der Waals surface area contributed by atoms with Gasteiger partial charge in [-0.1, -0.05) is 18.6 Å². The highest BCUT2D eigenvalue weighted by Gasteiger charge is 2.52. The molecule has 1 aromatic rings. The maximum absolute atomic E-state index is 12.8. The van der Waals surface area contributed by atoms with Gasteiger partial charge in [-0.3, -0.25) is 19.3 Å². The molecule has 3 aliphatic rings. The van der Waals surface area contributed by atoms with Crippen molar-refractivity contribution in [3.8, 4) is 5.75 Å². The third kappa shape index (κ3) is 3.36. The minimum atomic E-state index is -0.944. The Bertz CT molecular complexity index is 870. The summed E-state index contributed by atoms with van der Waals surface area (Å²) in [6.07, 6.45) is 4.47. The van der Waals surface area contributed by atoms with E-state index in [0.29, 0.717) is 23.3 Å². The van der Waals surface area contributed by atoms with Crippen LogP contribution in [0.4, 0.5) is 10.5 Å². The van der Waals surface area contributed by atoms with E-state index in [1.807, 2.05) is 6.92 Å². The number of amides is 5. The second-order valence-electron chi connectivity index (χ2n) is 8.18. The van der Waals surface area contributed by atoms with Crippen LogP contribution in [0.1, 0.15) is 32.6 Å². The average Bonchev–Trinajstić information content (AvgIpc) is 3.39. The highest BCUT2D eigenvalue weighted by Crippen LogP contribution is 2.50. The summed E-state index contributed by atoms with van der Waals surface area (Å²) in [5.41, 5.74) is 0.428. The van der Waals surface area contributed by atoms with Crippen molar-refractivity contribution in [1.29, 1.82) is 0 Å². The Hall–Kier alpha value is -2.90. The van der Waals surface area contributed by atoms with E-state index in [-0.39, 0.29) is 12.0 Å². The van der Waals surface area contributed by atoms with Crippen LogP contribution in [0.15, 0.2) is 24.3 Å². The Kier molecular flexibility index (Phi) is 5.02. The van der Waals surface area contributed by atoms with E-state index in [4.69, 9.17) is 4.74 Å². The molecular weight excluding hydrogens is 374 g/mol. The van der Waals surface area contributed by atoms with Crippen LogP contribution in [-0.4, -0.2) is 53.2 Å². The van der Waals surface area contributed by atoms with Crippen LogP contribution < -0.4 is 10.1 Å². The van der Waals surface area contributed by atoms with Crippen LogP contribution in [0.2, 0.25) is 0 Å². The first-order valence-electron chi connectivity index (χ1n) is 10.0. The molecule has 2 bridgehead atoms. The Labute approximate surface area is 169 Å². The van der Waals surface area contributed by atoms with Crippen LogP contribution >= 0.6 is 0 Å². The van der Waals surface area contributed by atoms with E-state index < -0.39 is 30.3 Å². The van der Waals surface area contributed by atoms with Gasteiger partial charge in [0.25, 0.3) is 0 Å². The first-order chi connectivity index (χ1) is 13.9. The van der Waals surface area contributed by atoms with Crippen molar-refractivity contribution in [3.63, 3.8) is 0 Å². The molecule has 1 heterocycles. The molecule has 0 radical (unpaired) electrons. The minimum absolute atomic E-state index is 0.233. The number of ether oxygens (including phenoxy) is 1. The number of methoxy groups -OCH3 is 1. The Morgan fingerprint density at radius 3 is 2.59 bits per heavy atom. The molecule has 29 heavy (non-hydrogen) atoms. The SMILES string of the molecule is COc1ccccc1NC(=O)CN1C(=O)C(=O)N(C(C)C2CC3CCC2C3)C1=O. The summed E-state index contributed by atoms with van der Waals surface area (Å²) >= 11 is 0. The molecule has 8 nitrogen and oxygen atoms in total. The number of fused-ring (bicyclic) bond motifs is 2. The van der Waals surface area contributed by atoms with E-state index in [1.54, 1.807) is 24.3 Å². The zero-order valence-corrected chi connectivity index (χ0v) is 16.6. The molecule has 0 aromatic heterocycles. The van der Waals surface area contributed by atoms with Gasteiger partial charge in [0.1, 0.15) is 12.3 Å². The van der Waals surface area contributed by atoms with E-state index in [2.05, 4.69) is 5.32 Å². The van der Waals surface area contributed by atoms with Crippen molar-refractivity contribution in [2.24, 2.45) is 17.8 Å². The van der Waals surface area contributed by atoms with Gasteiger partial charge in [-0.25, -0.2) is 9.69 Å². The monoisotopic (exact) mass is 399 g/mol. The highest BCUT2D eigenvalue weighted by atomic mass is 16.5. The average molecular weight is 399 g/mol. The largest absolute Gasteiger partial charge is 0.495 e. The maximum atomic E-state index is 12.8. The molecule has 1 saturated heterocycles. The number of carbonyl (C=O) groups excluding carboxylic acids is 4. The topological polar surface area (TPSA) is 96.0 Å². The molecule has 4 rings (SSSR count). The number of imide groups is 2. The maximum Gasteiger partial charge on any atom is 0.334 e. The number of benzene rings is 1. The first kappa shape index (κ1) is 19.4. The minimum Gasteiger partial charge on any atom is -0.495 e. The molecule has 2 aliphatic carbocycles. The Morgan fingerprint density at radius 1 is 1.17 bits per heavy atom. The summed E-state index contributed by atoms with van der Waals surface area (Å²) in [6, 6.07) is 5.78. The predicted octanol–water partition coefficient (Wildman–Crippen LogP) is 2.25. The fourth-order valence-corrected chi connectivity index (χ4v) is 5.18. The lowest BCUT2D eigenvalue weighted by molar-refractivity contribution is -0.144. The molecule has 3 fully saturated rings. The number of anilines is 1. The number of para-hydroxylation sites is 2. The fourth-order valence-electron chi connectivity index (χ4n) is 5.18. The van der Waals surface area contributed by atoms with Crippen molar-refractivity contribution in [2.75, 3.05) is 19.0 Å². The summed E-state index contributed by atoms with van der Waals surface area (Å²) in [5, 5.41) is 2.63. The lowest BCUT2D eigenvalue weighted by Crippen LogP contribution is -2.45. The lowest BCUT2D eigenvalue weighted by Gasteiger charge is -2.32. The van der Waals surface area contributed by atoms with Gasteiger partial charge < -0.3 is 10.1 Å². The number of hydrogen-bond donors (Lipinski definition) is 1. The van der Waals surface area contributed by atoms with Gasteiger partial charge in [0.15, 0.2) is 0 Å². The second kappa shape index (κ2) is 7.50. The van der Waals surface area contributed by atoms with E-state index in [1.165, 1.54) is 13.5 Å². The van der Waals surface area contributed by atoms with Gasteiger partial charge in [0.05, 0.1) is 12.8 Å². The molecule has 1 aliphatic heterocycles. The van der Waals surface area contributed by atoms with Crippen molar-refractivity contribution in [2.45, 2.75) is 38.6 Å². The van der Waals surface area contributed by atoms with Gasteiger partial charge in [-0.05, 0) is 56.1 Å². The normalized spacial score (nSPS) is 27.0. The molecule has 1 N–H and O–H groups in total. The summed E-state index contributed by atoms with van der Waals surface area (Å²) in [4.78, 5) is 52.0. The number of carbonyl (C=O) groups is 4. The van der Waals surface area contributed by atoms with Crippen LogP contribution in [-0.2, 0) is 14.4 Å². The first-order valence-corrected chi connectivity index (χ1v) is 10.0. The van der Waals surface area contributed by atoms with Crippen molar-refractivity contribution < 1.29 is 23.9 Å². The van der Waals surface area contributed by atoms with Crippen LogP contribution in [0.25, 0.3) is 0 Å². The molecule has 2 saturated carbocycles. The quantitative estimate of drug-likeness (QED) is 0.585. The molecule has 5 amide bonds. The van der Waals surface area contributed by atoms with Gasteiger partial charge in [0, 0.05) is 6.04 Å². The standard InChI is InChI=1S/C21H25N3O5/c1-12(15-10-13-7-8-14(15)9-13)24-20(27)19(26)23(21(24)28)11-18(25)22-16-5-3-4-6-17(16)29-2/h3-6,12-15H,7-11H2,1-2H3,(H,22,25). The highest BCUT2D eigenvalue weighted by molar-refractivity contribution is 6.45. The summed E-state index contributed by atoms with van der Waals surface area (Å²) in [5.74, 6) is -0.486. The van der Waals surface area contributed by atoms with Crippen molar-refractivity contribution in [3.05, 3.63) is 24.3 Å². The predicted molar refractivity (Wildman–Crippen MR) is 104 cm³/mol. The number of nitrogens with zero attached hydrogens (tertiary/aromatic N) is 2. The summed E-state index contributed by atoms with van der Waals surface area (Å²) in [7, 11) is 1.48. The third-order valence-electron chi connectivity index (χ3n) is 6.59. The number of nitrogens with one attached hydrogen (secondary N) is 1. The molecule has 0 spiro atoms. The summed E-state index contributed by atoms with van der Waals surface area (Å²) in [6.45, 7) is 1.33. The Morgan fingerprint density at radius 2 is 1.93 bits per heavy atom. The lowest BCUT2D eigenvalue weighted by atomic mass is 9.83. The zero-order chi connectivity index (χ0) is 20.7. The molecule has 1 aromatic carbocycles. The van der Waals surface area contributed by atoms with Crippen molar-refractivity contribution in [1.82, 2.24) is 9.80 Å². The number of urea groups is 1. The zero-order valence-electron chi connectivity index (χ0n) is 16.6. The molecule has 154 valence electrons. The van der Waals surface area contributed by atoms with Crippen molar-refractivity contribution >= 4 is 29.4 Å².